The first-order valence-electron chi connectivity index (χ1n) is 15.6. The van der Waals surface area contributed by atoms with Crippen LogP contribution >= 0.6 is 0 Å². The van der Waals surface area contributed by atoms with Crippen molar-refractivity contribution >= 4 is 22.8 Å². The Balaban J connectivity index is 2.45. The van der Waals surface area contributed by atoms with Gasteiger partial charge in [-0.15, -0.1) is 0 Å². The van der Waals surface area contributed by atoms with Crippen LogP contribution in [-0.4, -0.2) is 14.6 Å². The van der Waals surface area contributed by atoms with Crippen molar-refractivity contribution in [2.75, 3.05) is 0 Å². The number of rotatable bonds is 18. The monoisotopic (exact) mass is 608 g/mol. The first-order chi connectivity index (χ1) is 18.5. The molecule has 0 saturated carbocycles. The number of nitrogens with zero attached hydrogens (tertiary/aromatic N) is 2. The standard InChI is InChI=1S/C35H54N2.Pd/c1-7-12-13-14-15-16-21-35(37-34-25-23-30(18-9-3)32(27-34)20-11-5)28(6)36-33-24-22-29(17-8-2)31(26-33)19-10-4;/h22-27H,7-21H2,1-6H3;/q;+1. The first-order valence-corrected chi connectivity index (χ1v) is 16.3. The molecule has 0 saturated heterocycles. The number of hydrogen-bond acceptors (Lipinski definition) is 1. The van der Waals surface area contributed by atoms with Gasteiger partial charge in [-0.1, -0.05) is 0 Å². The second-order valence-electron chi connectivity index (χ2n) is 10.8. The molecule has 213 valence electrons. The summed E-state index contributed by atoms with van der Waals surface area (Å²) in [7, 11) is 0. The van der Waals surface area contributed by atoms with Crippen LogP contribution in [0.5, 0.6) is 0 Å². The van der Waals surface area contributed by atoms with Crippen LogP contribution in [0.2, 0.25) is 0 Å². The molecule has 0 bridgehead atoms. The zero-order valence-electron chi connectivity index (χ0n) is 25.3. The summed E-state index contributed by atoms with van der Waals surface area (Å²) in [6.45, 7) is 13.6. The Kier molecular flexibility index (Phi) is 16.1. The molecule has 3 heteroatoms. The molecule has 0 aromatic heterocycles. The average Bonchev–Trinajstić information content (AvgIpc) is 2.92. The summed E-state index contributed by atoms with van der Waals surface area (Å²) in [5.41, 5.74) is 10.7. The van der Waals surface area contributed by atoms with Crippen LogP contribution in [0.25, 0.3) is 0 Å². The van der Waals surface area contributed by atoms with E-state index in [9.17, 15) is 0 Å². The Bertz CT molecular complexity index is 1030. The number of unbranched alkanes of at least 4 members (excludes halogenated alkanes) is 5. The minimum atomic E-state index is 1.02. The van der Waals surface area contributed by atoms with Crippen LogP contribution in [0.4, 0.5) is 11.4 Å². The zero-order valence-corrected chi connectivity index (χ0v) is 26.8. The Hall–Kier alpha value is -1.56. The topological polar surface area (TPSA) is 15.4 Å². The summed E-state index contributed by atoms with van der Waals surface area (Å²) in [5, 5.41) is 0. The number of hydrogen-bond donors (Lipinski definition) is 0. The van der Waals surface area contributed by atoms with Gasteiger partial charge in [-0.25, -0.2) is 0 Å². The fraction of sp³-hybridized carbons (Fsp3) is 0.600. The third-order valence-corrected chi connectivity index (χ3v) is 8.31. The summed E-state index contributed by atoms with van der Waals surface area (Å²) in [6.07, 6.45) is 18.1. The van der Waals surface area contributed by atoms with Crippen molar-refractivity contribution in [3.8, 4) is 0 Å². The maximum absolute atomic E-state index is 5.30. The van der Waals surface area contributed by atoms with E-state index in [-0.39, 0.29) is 0 Å². The molecule has 2 nitrogen and oxygen atoms in total. The Morgan fingerprint density at radius 3 is 1.76 bits per heavy atom. The van der Waals surface area contributed by atoms with Crippen molar-refractivity contribution in [1.29, 1.82) is 0 Å². The molecule has 2 aromatic carbocycles. The van der Waals surface area contributed by atoms with Gasteiger partial charge >= 0.3 is 247 Å². The van der Waals surface area contributed by atoms with Gasteiger partial charge in [-0.2, -0.15) is 0 Å². The van der Waals surface area contributed by atoms with Crippen LogP contribution in [0.1, 0.15) is 134 Å². The third kappa shape index (κ3) is 10.5. The van der Waals surface area contributed by atoms with Crippen molar-refractivity contribution in [2.45, 2.75) is 138 Å². The predicted octanol–water partition coefficient (Wildman–Crippen LogP) is 10.6. The molecule has 2 aromatic rings. The van der Waals surface area contributed by atoms with Gasteiger partial charge in [0.1, 0.15) is 0 Å². The van der Waals surface area contributed by atoms with E-state index in [4.69, 9.17) is 4.99 Å². The van der Waals surface area contributed by atoms with Crippen molar-refractivity contribution in [3.63, 3.8) is 0 Å². The van der Waals surface area contributed by atoms with Gasteiger partial charge in [0.15, 0.2) is 0 Å². The van der Waals surface area contributed by atoms with Gasteiger partial charge in [0, 0.05) is 0 Å². The molecule has 0 atom stereocenters. The van der Waals surface area contributed by atoms with Gasteiger partial charge in [-0.3, -0.25) is 0 Å². The SMILES string of the molecule is CCCCCCCCC(=Nc1ccc(CCC)c(CCC)c1)C(C)=[N+]([Pd])c1ccc(CCC)c(CCC)c1. The van der Waals surface area contributed by atoms with E-state index in [1.807, 2.05) is 0 Å². The molecule has 2 rings (SSSR count). The van der Waals surface area contributed by atoms with E-state index in [0.717, 1.165) is 37.8 Å². The predicted molar refractivity (Wildman–Crippen MR) is 165 cm³/mol. The fourth-order valence-corrected chi connectivity index (χ4v) is 5.70. The minimum absolute atomic E-state index is 1.02. The quantitative estimate of drug-likeness (QED) is 0.0908. The van der Waals surface area contributed by atoms with Gasteiger partial charge in [0.25, 0.3) is 0 Å². The molecule has 0 fully saturated rings. The van der Waals surface area contributed by atoms with Crippen LogP contribution in [0.15, 0.2) is 41.4 Å². The van der Waals surface area contributed by atoms with E-state index in [1.165, 1.54) is 104 Å². The van der Waals surface area contributed by atoms with E-state index in [2.05, 4.69) is 101 Å². The van der Waals surface area contributed by atoms with Gasteiger partial charge in [0.05, 0.1) is 0 Å². The normalized spacial score (nSPS) is 12.7. The van der Waals surface area contributed by atoms with Crippen molar-refractivity contribution in [3.05, 3.63) is 58.7 Å². The van der Waals surface area contributed by atoms with E-state index in [0.29, 0.717) is 0 Å². The molecular formula is C35H54N2Pd+. The molecule has 0 heterocycles. The van der Waals surface area contributed by atoms with Crippen LogP contribution in [0.3, 0.4) is 0 Å². The Morgan fingerprint density at radius 1 is 0.632 bits per heavy atom. The summed E-state index contributed by atoms with van der Waals surface area (Å²) in [6, 6.07) is 13.9. The molecule has 0 aliphatic heterocycles. The molecule has 0 radical (unpaired) electrons. The first kappa shape index (κ1) is 32.7. The van der Waals surface area contributed by atoms with Crippen LogP contribution in [-0.2, 0) is 45.1 Å². The van der Waals surface area contributed by atoms with Crippen molar-refractivity contribution < 1.29 is 22.7 Å². The van der Waals surface area contributed by atoms with Crippen LogP contribution in [0, 0.1) is 0 Å². The molecule has 38 heavy (non-hydrogen) atoms. The molecule has 0 aliphatic carbocycles. The van der Waals surface area contributed by atoms with Crippen molar-refractivity contribution in [2.24, 2.45) is 4.99 Å². The number of benzene rings is 2. The van der Waals surface area contributed by atoms with E-state index >= 15 is 0 Å². The molecule has 0 N–H and O–H groups in total. The zero-order chi connectivity index (χ0) is 27.8. The Morgan fingerprint density at radius 2 is 1.16 bits per heavy atom. The second kappa shape index (κ2) is 18.7. The summed E-state index contributed by atoms with van der Waals surface area (Å²) in [4.78, 5) is 5.30. The maximum atomic E-state index is 5.30. The molecule has 0 unspecified atom stereocenters. The van der Waals surface area contributed by atoms with E-state index in [1.54, 1.807) is 0 Å². The second-order valence-corrected chi connectivity index (χ2v) is 11.5. The molecule has 0 amide bonds. The van der Waals surface area contributed by atoms with Gasteiger partial charge in [-0.05, 0) is 0 Å². The van der Waals surface area contributed by atoms with E-state index < -0.39 is 0 Å². The fourth-order valence-electron chi connectivity index (χ4n) is 5.28. The number of aliphatic imine (C=N–C) groups is 1. The Labute approximate surface area is 246 Å². The molecule has 0 spiro atoms. The van der Waals surface area contributed by atoms with Crippen molar-refractivity contribution in [1.82, 2.24) is 0 Å². The van der Waals surface area contributed by atoms with Gasteiger partial charge in [0.2, 0.25) is 0 Å². The summed E-state index contributed by atoms with van der Waals surface area (Å²) in [5.74, 6) is 0. The van der Waals surface area contributed by atoms with Crippen LogP contribution < -0.4 is 0 Å². The molecular weight excluding hydrogens is 555 g/mol. The summed E-state index contributed by atoms with van der Waals surface area (Å²) < 4.78 is 2.23. The number of aryl methyl sites for hydroxylation is 4. The third-order valence-electron chi connectivity index (χ3n) is 7.39. The summed E-state index contributed by atoms with van der Waals surface area (Å²) >= 11 is 3.60. The molecule has 0 aliphatic rings. The van der Waals surface area contributed by atoms with Gasteiger partial charge < -0.3 is 0 Å². The average molecular weight is 609 g/mol.